The Balaban J connectivity index is 2.34. The molecule has 0 spiro atoms. The fourth-order valence-corrected chi connectivity index (χ4v) is 2.52. The summed E-state index contributed by atoms with van der Waals surface area (Å²) < 4.78 is 24.0. The van der Waals surface area contributed by atoms with Crippen LogP contribution in [0.2, 0.25) is 0 Å². The van der Waals surface area contributed by atoms with Gasteiger partial charge in [-0.25, -0.2) is 13.1 Å². The van der Waals surface area contributed by atoms with Crippen molar-refractivity contribution < 1.29 is 13.2 Å². The molecule has 0 aromatic heterocycles. The molecule has 1 heterocycles. The Morgan fingerprint density at radius 2 is 2.12 bits per heavy atom. The van der Waals surface area contributed by atoms with Crippen molar-refractivity contribution in [3.05, 3.63) is 0 Å². The fraction of sp³-hybridized carbons (Fsp3) is 0.900. The summed E-state index contributed by atoms with van der Waals surface area (Å²) >= 11 is 0. The lowest BCUT2D eigenvalue weighted by molar-refractivity contribution is -0.127. The summed E-state index contributed by atoms with van der Waals surface area (Å²) in [6.07, 6.45) is 3.69. The number of amides is 1. The van der Waals surface area contributed by atoms with Gasteiger partial charge in [0.1, 0.15) is 0 Å². The van der Waals surface area contributed by atoms with E-state index in [-0.39, 0.29) is 12.5 Å². The third kappa shape index (κ3) is 4.25. The molecule has 1 fully saturated rings. The number of carbonyl (C=O) groups excluding carboxylic acids is 1. The number of nitrogens with one attached hydrogen (secondary N) is 3. The molecule has 0 saturated carbocycles. The van der Waals surface area contributed by atoms with E-state index in [2.05, 4.69) is 15.4 Å². The standard InChI is InChI=1S/C10H21N3O3S/c1-3-10(5-4-6-12-10)9(14)11-7-8-13-17(2,15)16/h12-13H,3-8H2,1-2H3,(H,11,14). The molecule has 1 unspecified atom stereocenters. The first-order valence-electron chi connectivity index (χ1n) is 5.87. The fourth-order valence-electron chi connectivity index (χ4n) is 2.04. The van der Waals surface area contributed by atoms with Crippen LogP contribution in [0.5, 0.6) is 0 Å². The molecule has 17 heavy (non-hydrogen) atoms. The molecule has 1 aliphatic rings. The summed E-state index contributed by atoms with van der Waals surface area (Å²) in [7, 11) is -3.18. The molecule has 3 N–H and O–H groups in total. The number of sulfonamides is 1. The van der Waals surface area contributed by atoms with E-state index in [9.17, 15) is 13.2 Å². The van der Waals surface area contributed by atoms with Gasteiger partial charge >= 0.3 is 0 Å². The second-order valence-corrected chi connectivity index (χ2v) is 6.22. The van der Waals surface area contributed by atoms with Crippen molar-refractivity contribution in [2.24, 2.45) is 0 Å². The first kappa shape index (κ1) is 14.4. The van der Waals surface area contributed by atoms with E-state index in [4.69, 9.17) is 0 Å². The molecule has 100 valence electrons. The number of carbonyl (C=O) groups is 1. The molecule has 0 radical (unpaired) electrons. The predicted molar refractivity (Wildman–Crippen MR) is 66.1 cm³/mol. The van der Waals surface area contributed by atoms with E-state index in [0.717, 1.165) is 32.1 Å². The third-order valence-electron chi connectivity index (χ3n) is 3.06. The second kappa shape index (κ2) is 5.79. The smallest absolute Gasteiger partial charge is 0.240 e. The van der Waals surface area contributed by atoms with Gasteiger partial charge in [0, 0.05) is 13.1 Å². The molecule has 1 saturated heterocycles. The van der Waals surface area contributed by atoms with E-state index in [0.29, 0.717) is 6.54 Å². The zero-order chi connectivity index (χ0) is 12.9. The van der Waals surface area contributed by atoms with Crippen molar-refractivity contribution in [1.82, 2.24) is 15.4 Å². The van der Waals surface area contributed by atoms with Gasteiger partial charge in [-0.3, -0.25) is 4.79 Å². The van der Waals surface area contributed by atoms with Crippen LogP contribution >= 0.6 is 0 Å². The Kier molecular flexibility index (Phi) is 4.91. The second-order valence-electron chi connectivity index (χ2n) is 4.39. The molecule has 0 aromatic carbocycles. The highest BCUT2D eigenvalue weighted by molar-refractivity contribution is 7.88. The van der Waals surface area contributed by atoms with Crippen LogP contribution in [-0.4, -0.2) is 45.8 Å². The summed E-state index contributed by atoms with van der Waals surface area (Å²) in [4.78, 5) is 12.0. The Morgan fingerprint density at radius 1 is 1.41 bits per heavy atom. The van der Waals surface area contributed by atoms with Crippen LogP contribution in [0.25, 0.3) is 0 Å². The van der Waals surface area contributed by atoms with Crippen LogP contribution in [0, 0.1) is 0 Å². The summed E-state index contributed by atoms with van der Waals surface area (Å²) in [5.74, 6) is -0.0344. The van der Waals surface area contributed by atoms with Crippen molar-refractivity contribution in [3.8, 4) is 0 Å². The lowest BCUT2D eigenvalue weighted by Gasteiger charge is -2.26. The van der Waals surface area contributed by atoms with Gasteiger partial charge < -0.3 is 10.6 Å². The van der Waals surface area contributed by atoms with Crippen LogP contribution in [0.15, 0.2) is 0 Å². The average Bonchev–Trinajstić information content (AvgIpc) is 2.72. The maximum atomic E-state index is 12.0. The molecule has 0 aliphatic carbocycles. The van der Waals surface area contributed by atoms with Crippen LogP contribution in [0.4, 0.5) is 0 Å². The zero-order valence-electron chi connectivity index (χ0n) is 10.4. The first-order valence-corrected chi connectivity index (χ1v) is 7.77. The Bertz CT molecular complexity index is 361. The molecule has 0 aromatic rings. The molecule has 0 bridgehead atoms. The van der Waals surface area contributed by atoms with Gasteiger partial charge in [0.2, 0.25) is 15.9 Å². The Labute approximate surface area is 103 Å². The van der Waals surface area contributed by atoms with E-state index in [1.54, 1.807) is 0 Å². The summed E-state index contributed by atoms with van der Waals surface area (Å²) in [5, 5.41) is 5.99. The zero-order valence-corrected chi connectivity index (χ0v) is 11.2. The van der Waals surface area contributed by atoms with Crippen molar-refractivity contribution in [2.75, 3.05) is 25.9 Å². The van der Waals surface area contributed by atoms with Gasteiger partial charge in [-0.2, -0.15) is 0 Å². The molecule has 6 nitrogen and oxygen atoms in total. The van der Waals surface area contributed by atoms with Gasteiger partial charge in [0.05, 0.1) is 11.8 Å². The normalized spacial score (nSPS) is 24.8. The highest BCUT2D eigenvalue weighted by Gasteiger charge is 2.38. The molecule has 7 heteroatoms. The molecule has 1 aliphatic heterocycles. The molecule has 1 amide bonds. The summed E-state index contributed by atoms with van der Waals surface area (Å²) in [5.41, 5.74) is -0.453. The Morgan fingerprint density at radius 3 is 2.59 bits per heavy atom. The minimum absolute atomic E-state index is 0.0344. The molecule has 1 atom stereocenters. The monoisotopic (exact) mass is 263 g/mol. The van der Waals surface area contributed by atoms with Crippen LogP contribution in [0.1, 0.15) is 26.2 Å². The quantitative estimate of drug-likeness (QED) is 0.547. The highest BCUT2D eigenvalue weighted by Crippen LogP contribution is 2.22. The van der Waals surface area contributed by atoms with Crippen molar-refractivity contribution in [1.29, 1.82) is 0 Å². The molecular formula is C10H21N3O3S. The summed E-state index contributed by atoms with van der Waals surface area (Å²) in [6.45, 7) is 3.38. The SMILES string of the molecule is CCC1(C(=O)NCCNS(C)(=O)=O)CCCN1. The minimum Gasteiger partial charge on any atom is -0.353 e. The van der Waals surface area contributed by atoms with Crippen LogP contribution < -0.4 is 15.4 Å². The van der Waals surface area contributed by atoms with E-state index >= 15 is 0 Å². The maximum absolute atomic E-state index is 12.0. The topological polar surface area (TPSA) is 87.3 Å². The van der Waals surface area contributed by atoms with Gasteiger partial charge in [0.15, 0.2) is 0 Å². The average molecular weight is 263 g/mol. The van der Waals surface area contributed by atoms with Gasteiger partial charge in [-0.05, 0) is 25.8 Å². The predicted octanol–water partition coefficient (Wildman–Crippen LogP) is -0.816. The van der Waals surface area contributed by atoms with E-state index < -0.39 is 15.6 Å². The minimum atomic E-state index is -3.18. The lowest BCUT2D eigenvalue weighted by atomic mass is 9.93. The van der Waals surface area contributed by atoms with E-state index in [1.165, 1.54) is 0 Å². The van der Waals surface area contributed by atoms with Crippen molar-refractivity contribution in [3.63, 3.8) is 0 Å². The van der Waals surface area contributed by atoms with Crippen LogP contribution in [0.3, 0.4) is 0 Å². The highest BCUT2D eigenvalue weighted by atomic mass is 32.2. The van der Waals surface area contributed by atoms with Gasteiger partial charge in [-0.15, -0.1) is 0 Å². The maximum Gasteiger partial charge on any atom is 0.240 e. The van der Waals surface area contributed by atoms with E-state index in [1.807, 2.05) is 6.92 Å². The Hall–Kier alpha value is -0.660. The van der Waals surface area contributed by atoms with Crippen LogP contribution in [-0.2, 0) is 14.8 Å². The van der Waals surface area contributed by atoms with Crippen molar-refractivity contribution in [2.45, 2.75) is 31.7 Å². The first-order chi connectivity index (χ1) is 7.90. The third-order valence-corrected chi connectivity index (χ3v) is 3.79. The largest absolute Gasteiger partial charge is 0.353 e. The summed E-state index contributed by atoms with van der Waals surface area (Å²) in [6, 6.07) is 0. The lowest BCUT2D eigenvalue weighted by Crippen LogP contribution is -2.54. The molecule has 1 rings (SSSR count). The number of rotatable bonds is 6. The van der Waals surface area contributed by atoms with Crippen molar-refractivity contribution >= 4 is 15.9 Å². The number of hydrogen-bond donors (Lipinski definition) is 3. The van der Waals surface area contributed by atoms with Gasteiger partial charge in [-0.1, -0.05) is 6.92 Å². The molecular weight excluding hydrogens is 242 g/mol. The number of hydrogen-bond acceptors (Lipinski definition) is 4. The van der Waals surface area contributed by atoms with Gasteiger partial charge in [0.25, 0.3) is 0 Å².